The van der Waals surface area contributed by atoms with Gasteiger partial charge >= 0.3 is 18.0 Å². The molecule has 2 N–H and O–H groups in total. The van der Waals surface area contributed by atoms with E-state index < -0.39 is 12.0 Å². The SMILES string of the molecule is CCOC(=O)c1cc2cc3c(cc2nc1NC(=O)Nc1ncco1)OCO3. The summed E-state index contributed by atoms with van der Waals surface area (Å²) in [6.45, 7) is 1.98. The van der Waals surface area contributed by atoms with E-state index in [2.05, 4.69) is 20.6 Å². The maximum Gasteiger partial charge on any atom is 0.341 e. The van der Waals surface area contributed by atoms with E-state index in [-0.39, 0.29) is 30.8 Å². The normalized spacial score (nSPS) is 12.0. The third kappa shape index (κ3) is 3.32. The second-order valence-corrected chi connectivity index (χ2v) is 5.42. The van der Waals surface area contributed by atoms with Crippen LogP contribution in [0.5, 0.6) is 11.5 Å². The van der Waals surface area contributed by atoms with Crippen LogP contribution < -0.4 is 20.1 Å². The van der Waals surface area contributed by atoms with Crippen LogP contribution in [-0.2, 0) is 4.74 Å². The van der Waals surface area contributed by atoms with Gasteiger partial charge in [0.25, 0.3) is 0 Å². The molecule has 0 saturated carbocycles. The monoisotopic (exact) mass is 370 g/mol. The molecule has 10 nitrogen and oxygen atoms in total. The zero-order chi connectivity index (χ0) is 18.8. The zero-order valence-electron chi connectivity index (χ0n) is 14.1. The molecule has 0 aliphatic carbocycles. The number of nitrogens with zero attached hydrogens (tertiary/aromatic N) is 2. The Kier molecular flexibility index (Phi) is 4.21. The summed E-state index contributed by atoms with van der Waals surface area (Å²) in [7, 11) is 0. The Morgan fingerprint density at radius 3 is 2.74 bits per heavy atom. The van der Waals surface area contributed by atoms with E-state index in [1.165, 1.54) is 12.5 Å². The van der Waals surface area contributed by atoms with Crippen LogP contribution in [0.1, 0.15) is 17.3 Å². The molecule has 0 atom stereocenters. The highest BCUT2D eigenvalue weighted by Crippen LogP contribution is 2.36. The zero-order valence-corrected chi connectivity index (χ0v) is 14.1. The highest BCUT2D eigenvalue weighted by atomic mass is 16.7. The van der Waals surface area contributed by atoms with Gasteiger partial charge in [0.15, 0.2) is 11.5 Å². The summed E-state index contributed by atoms with van der Waals surface area (Å²) in [6, 6.07) is 4.29. The highest BCUT2D eigenvalue weighted by molar-refractivity contribution is 6.05. The number of amides is 2. The van der Waals surface area contributed by atoms with Crippen molar-refractivity contribution in [3.63, 3.8) is 0 Å². The molecule has 2 amide bonds. The third-order valence-electron chi connectivity index (χ3n) is 3.69. The molecule has 10 heteroatoms. The second kappa shape index (κ2) is 6.83. The van der Waals surface area contributed by atoms with Crippen LogP contribution in [0.2, 0.25) is 0 Å². The van der Waals surface area contributed by atoms with E-state index >= 15 is 0 Å². The number of carbonyl (C=O) groups is 2. The Balaban J connectivity index is 1.71. The fourth-order valence-electron chi connectivity index (χ4n) is 2.54. The van der Waals surface area contributed by atoms with E-state index in [0.29, 0.717) is 22.4 Å². The van der Waals surface area contributed by atoms with Gasteiger partial charge < -0.3 is 18.6 Å². The molecule has 1 aliphatic heterocycles. The number of hydrogen-bond acceptors (Lipinski definition) is 8. The molecule has 0 saturated heterocycles. The Bertz CT molecular complexity index is 1020. The van der Waals surface area contributed by atoms with Crippen molar-refractivity contribution in [2.75, 3.05) is 24.0 Å². The lowest BCUT2D eigenvalue weighted by molar-refractivity contribution is 0.0527. The van der Waals surface area contributed by atoms with Gasteiger partial charge in [-0.3, -0.25) is 10.6 Å². The predicted octanol–water partition coefficient (Wildman–Crippen LogP) is 2.77. The van der Waals surface area contributed by atoms with Gasteiger partial charge in [-0.2, -0.15) is 0 Å². The summed E-state index contributed by atoms with van der Waals surface area (Å²) < 4.78 is 20.7. The molecule has 0 bridgehead atoms. The van der Waals surface area contributed by atoms with Crippen molar-refractivity contribution < 1.29 is 28.2 Å². The van der Waals surface area contributed by atoms with Crippen molar-refractivity contribution in [1.29, 1.82) is 0 Å². The molecule has 0 unspecified atom stereocenters. The minimum atomic E-state index is -0.671. The lowest BCUT2D eigenvalue weighted by Crippen LogP contribution is -2.22. The summed E-state index contributed by atoms with van der Waals surface area (Å²) >= 11 is 0. The van der Waals surface area contributed by atoms with Crippen molar-refractivity contribution in [3.8, 4) is 11.5 Å². The molecule has 1 aromatic carbocycles. The van der Waals surface area contributed by atoms with Gasteiger partial charge in [0.1, 0.15) is 17.6 Å². The molecule has 0 spiro atoms. The lowest BCUT2D eigenvalue weighted by atomic mass is 10.1. The van der Waals surface area contributed by atoms with Crippen LogP contribution in [0.25, 0.3) is 10.9 Å². The van der Waals surface area contributed by atoms with Crippen LogP contribution >= 0.6 is 0 Å². The standard InChI is InChI=1S/C17H14N4O6/c1-2-24-15(22)10-5-9-6-12-13(27-8-26-12)7-11(9)19-14(10)20-16(23)21-17-18-3-4-25-17/h3-7H,2,8H2,1H3,(H2,18,19,20,21,23). The average molecular weight is 370 g/mol. The van der Waals surface area contributed by atoms with Gasteiger partial charge in [0, 0.05) is 11.5 Å². The first kappa shape index (κ1) is 16.6. The third-order valence-corrected chi connectivity index (χ3v) is 3.69. The first-order valence-electron chi connectivity index (χ1n) is 8.03. The van der Waals surface area contributed by atoms with Crippen molar-refractivity contribution in [2.45, 2.75) is 6.92 Å². The number of nitrogens with one attached hydrogen (secondary N) is 2. The first-order valence-corrected chi connectivity index (χ1v) is 8.03. The molecule has 0 fully saturated rings. The molecule has 138 valence electrons. The number of pyridine rings is 1. The van der Waals surface area contributed by atoms with Crippen LogP contribution in [0, 0.1) is 0 Å². The van der Waals surface area contributed by atoms with E-state index in [4.69, 9.17) is 18.6 Å². The van der Waals surface area contributed by atoms with Crippen LogP contribution in [-0.4, -0.2) is 35.4 Å². The van der Waals surface area contributed by atoms with Gasteiger partial charge in [-0.25, -0.2) is 19.6 Å². The molecule has 0 radical (unpaired) electrons. The number of fused-ring (bicyclic) bond motifs is 2. The molecule has 2 aromatic heterocycles. The maximum absolute atomic E-state index is 12.3. The number of urea groups is 1. The molecule has 27 heavy (non-hydrogen) atoms. The molecular weight excluding hydrogens is 356 g/mol. The predicted molar refractivity (Wildman–Crippen MR) is 93.0 cm³/mol. The number of hydrogen-bond donors (Lipinski definition) is 2. The summed E-state index contributed by atoms with van der Waals surface area (Å²) in [5, 5.41) is 5.55. The molecule has 3 heterocycles. The fourth-order valence-corrected chi connectivity index (χ4v) is 2.54. The maximum atomic E-state index is 12.3. The van der Waals surface area contributed by atoms with Gasteiger partial charge in [0.2, 0.25) is 6.79 Å². The number of esters is 1. The Labute approximate surface area is 152 Å². The van der Waals surface area contributed by atoms with Gasteiger partial charge in [-0.1, -0.05) is 0 Å². The second-order valence-electron chi connectivity index (χ2n) is 5.42. The van der Waals surface area contributed by atoms with E-state index in [1.807, 2.05) is 0 Å². The van der Waals surface area contributed by atoms with Gasteiger partial charge in [0.05, 0.1) is 18.3 Å². The minimum absolute atomic E-state index is 0.00865. The highest BCUT2D eigenvalue weighted by Gasteiger charge is 2.21. The van der Waals surface area contributed by atoms with Crippen LogP contribution in [0.4, 0.5) is 16.6 Å². The number of aromatic nitrogens is 2. The van der Waals surface area contributed by atoms with E-state index in [1.54, 1.807) is 25.1 Å². The van der Waals surface area contributed by atoms with E-state index in [9.17, 15) is 9.59 Å². The summed E-state index contributed by atoms with van der Waals surface area (Å²) in [6.07, 6.45) is 2.70. The number of benzene rings is 1. The minimum Gasteiger partial charge on any atom is -0.462 e. The Hall–Kier alpha value is -3.82. The smallest absolute Gasteiger partial charge is 0.341 e. The van der Waals surface area contributed by atoms with Crippen molar-refractivity contribution >= 4 is 34.7 Å². The molecule has 3 aromatic rings. The summed E-state index contributed by atoms with van der Waals surface area (Å²) in [4.78, 5) is 32.7. The first-order chi connectivity index (χ1) is 13.1. The van der Waals surface area contributed by atoms with Crippen LogP contribution in [0.3, 0.4) is 0 Å². The molecular formula is C17H14N4O6. The number of oxazole rings is 1. The Morgan fingerprint density at radius 2 is 2.00 bits per heavy atom. The number of rotatable bonds is 4. The van der Waals surface area contributed by atoms with E-state index in [0.717, 1.165) is 0 Å². The summed E-state index contributed by atoms with van der Waals surface area (Å²) in [5.74, 6) is 0.510. The number of anilines is 2. The fraction of sp³-hybridized carbons (Fsp3) is 0.176. The quantitative estimate of drug-likeness (QED) is 0.672. The number of carbonyl (C=O) groups excluding carboxylic acids is 2. The Morgan fingerprint density at radius 1 is 1.19 bits per heavy atom. The van der Waals surface area contributed by atoms with Crippen LogP contribution in [0.15, 0.2) is 35.1 Å². The number of ether oxygens (including phenoxy) is 3. The van der Waals surface area contributed by atoms with Crippen molar-refractivity contribution in [3.05, 3.63) is 36.2 Å². The lowest BCUT2D eigenvalue weighted by Gasteiger charge is -2.11. The molecule has 1 aliphatic rings. The summed E-state index contributed by atoms with van der Waals surface area (Å²) in [5.41, 5.74) is 0.615. The van der Waals surface area contributed by atoms with Gasteiger partial charge in [-0.05, 0) is 19.1 Å². The topological polar surface area (TPSA) is 125 Å². The largest absolute Gasteiger partial charge is 0.462 e. The average Bonchev–Trinajstić information content (AvgIpc) is 3.30. The van der Waals surface area contributed by atoms with Gasteiger partial charge in [-0.15, -0.1) is 0 Å². The molecule has 4 rings (SSSR count). The van der Waals surface area contributed by atoms with Crippen molar-refractivity contribution in [1.82, 2.24) is 9.97 Å². The van der Waals surface area contributed by atoms with Crippen molar-refractivity contribution in [2.24, 2.45) is 0 Å².